The maximum absolute atomic E-state index is 15.4. The van der Waals surface area contributed by atoms with E-state index in [0.717, 1.165) is 30.6 Å². The number of fused-ring (bicyclic) bond motifs is 1. The molecule has 0 spiro atoms. The first-order valence-electron chi connectivity index (χ1n) is 12.1. The van der Waals surface area contributed by atoms with E-state index in [0.29, 0.717) is 40.8 Å². The molecule has 1 aromatic carbocycles. The predicted molar refractivity (Wildman–Crippen MR) is 133 cm³/mol. The molecule has 0 radical (unpaired) electrons. The van der Waals surface area contributed by atoms with E-state index < -0.39 is 11.9 Å². The molecule has 3 atom stereocenters. The number of benzene rings is 1. The fourth-order valence-electron chi connectivity index (χ4n) is 4.70. The third-order valence-corrected chi connectivity index (χ3v) is 6.72. The summed E-state index contributed by atoms with van der Waals surface area (Å²) in [6.07, 6.45) is 4.48. The van der Waals surface area contributed by atoms with Crippen molar-refractivity contribution in [2.45, 2.75) is 77.5 Å². The van der Waals surface area contributed by atoms with Crippen molar-refractivity contribution >= 4 is 28.6 Å². The first kappa shape index (κ1) is 24.8. The number of aliphatic hydroxyl groups is 1. The van der Waals surface area contributed by atoms with E-state index >= 15 is 4.39 Å². The Morgan fingerprint density at radius 3 is 2.76 bits per heavy atom. The van der Waals surface area contributed by atoms with Gasteiger partial charge in [0.05, 0.1) is 41.2 Å². The van der Waals surface area contributed by atoms with Crippen molar-refractivity contribution in [3.05, 3.63) is 35.0 Å². The molecular weight excluding hydrogens is 457 g/mol. The van der Waals surface area contributed by atoms with E-state index in [1.165, 1.54) is 12.3 Å². The second-order valence-corrected chi connectivity index (χ2v) is 9.63. The Bertz CT molecular complexity index is 1150. The smallest absolute Gasteiger partial charge is 0.223 e. The summed E-state index contributed by atoms with van der Waals surface area (Å²) in [5.41, 5.74) is 2.10. The maximum Gasteiger partial charge on any atom is 0.223 e. The quantitative estimate of drug-likeness (QED) is 0.420. The van der Waals surface area contributed by atoms with Crippen molar-refractivity contribution in [3.63, 3.8) is 0 Å². The van der Waals surface area contributed by atoms with Crippen LogP contribution in [0.2, 0.25) is 5.02 Å². The van der Waals surface area contributed by atoms with Crippen molar-refractivity contribution in [2.24, 2.45) is 0 Å². The molecule has 2 N–H and O–H groups in total. The van der Waals surface area contributed by atoms with Crippen LogP contribution in [0.1, 0.15) is 71.2 Å². The third-order valence-electron chi connectivity index (χ3n) is 6.45. The SMILES string of the molecule is CCC[C@@H](CC)c1nc2c(F)cc(-c3nc(N[C@@H]4CCOC[C@H]4O)ncc3Cl)cc2n1C(C)C. The highest BCUT2D eigenvalue weighted by atomic mass is 35.5. The Morgan fingerprint density at radius 2 is 2.09 bits per heavy atom. The highest BCUT2D eigenvalue weighted by Crippen LogP contribution is 2.35. The molecule has 2 aromatic heterocycles. The minimum Gasteiger partial charge on any atom is -0.389 e. The number of anilines is 1. The zero-order valence-electron chi connectivity index (χ0n) is 20.2. The summed E-state index contributed by atoms with van der Waals surface area (Å²) in [4.78, 5) is 13.6. The molecule has 4 rings (SSSR count). The lowest BCUT2D eigenvalue weighted by Gasteiger charge is -2.28. The summed E-state index contributed by atoms with van der Waals surface area (Å²) in [5.74, 6) is 1.13. The molecule has 3 aromatic rings. The van der Waals surface area contributed by atoms with Crippen molar-refractivity contribution in [1.82, 2.24) is 19.5 Å². The Hall–Kier alpha value is -2.29. The van der Waals surface area contributed by atoms with Gasteiger partial charge in [-0.2, -0.15) is 0 Å². The van der Waals surface area contributed by atoms with Gasteiger partial charge in [0.2, 0.25) is 5.95 Å². The number of nitrogens with one attached hydrogen (secondary N) is 1. The molecule has 1 saturated heterocycles. The Balaban J connectivity index is 1.78. The number of hydrogen-bond donors (Lipinski definition) is 2. The van der Waals surface area contributed by atoms with Crippen LogP contribution < -0.4 is 5.32 Å². The molecule has 0 unspecified atom stereocenters. The second kappa shape index (κ2) is 10.5. The fraction of sp³-hybridized carbons (Fsp3) is 0.560. The Kier molecular flexibility index (Phi) is 7.70. The average Bonchev–Trinajstić information content (AvgIpc) is 3.20. The van der Waals surface area contributed by atoms with E-state index in [9.17, 15) is 5.11 Å². The van der Waals surface area contributed by atoms with Gasteiger partial charge in [-0.05, 0) is 45.2 Å². The molecule has 1 aliphatic heterocycles. The lowest BCUT2D eigenvalue weighted by atomic mass is 9.99. The fourth-order valence-corrected chi connectivity index (χ4v) is 4.90. The minimum atomic E-state index is -0.654. The number of nitrogens with zero attached hydrogens (tertiary/aromatic N) is 4. The number of aliphatic hydroxyl groups excluding tert-OH is 1. The van der Waals surface area contributed by atoms with Gasteiger partial charge in [-0.3, -0.25) is 0 Å². The monoisotopic (exact) mass is 489 g/mol. The standard InChI is InChI=1S/C25H33ClFN5O2/c1-5-7-15(6-2)24-30-23-18(27)10-16(11-20(23)32(24)14(3)4)22-17(26)12-28-25(31-22)29-19-8-9-34-13-21(19)33/h10-12,14-15,19,21,33H,5-9,13H2,1-4H3,(H,28,29,31)/t15-,19-,21-/m1/s1. The molecule has 0 amide bonds. The highest BCUT2D eigenvalue weighted by Gasteiger charge is 2.26. The van der Waals surface area contributed by atoms with Crippen molar-refractivity contribution in [2.75, 3.05) is 18.5 Å². The molecule has 0 saturated carbocycles. The van der Waals surface area contributed by atoms with E-state index in [1.807, 2.05) is 6.07 Å². The van der Waals surface area contributed by atoms with Gasteiger partial charge < -0.3 is 19.7 Å². The van der Waals surface area contributed by atoms with Crippen LogP contribution in [0.25, 0.3) is 22.3 Å². The lowest BCUT2D eigenvalue weighted by Crippen LogP contribution is -2.42. The van der Waals surface area contributed by atoms with Crippen molar-refractivity contribution in [1.29, 1.82) is 0 Å². The lowest BCUT2D eigenvalue weighted by molar-refractivity contribution is -0.0136. The van der Waals surface area contributed by atoms with Gasteiger partial charge in [0.25, 0.3) is 0 Å². The van der Waals surface area contributed by atoms with E-state index in [1.54, 1.807) is 0 Å². The Morgan fingerprint density at radius 1 is 1.29 bits per heavy atom. The first-order chi connectivity index (χ1) is 16.3. The zero-order chi connectivity index (χ0) is 24.4. The summed E-state index contributed by atoms with van der Waals surface area (Å²) in [5, 5.41) is 13.7. The normalized spacial score (nSPS) is 19.6. The number of imidazole rings is 1. The van der Waals surface area contributed by atoms with Crippen LogP contribution in [0.15, 0.2) is 18.3 Å². The largest absolute Gasteiger partial charge is 0.389 e. The van der Waals surface area contributed by atoms with Crippen molar-refractivity contribution < 1.29 is 14.2 Å². The summed E-state index contributed by atoms with van der Waals surface area (Å²) >= 11 is 6.46. The third kappa shape index (κ3) is 4.90. The van der Waals surface area contributed by atoms with Crippen molar-refractivity contribution in [3.8, 4) is 11.3 Å². The topological polar surface area (TPSA) is 85.1 Å². The molecule has 7 nitrogen and oxygen atoms in total. The van der Waals surface area contributed by atoms with Gasteiger partial charge in [-0.1, -0.05) is 31.9 Å². The van der Waals surface area contributed by atoms with Crippen LogP contribution in [-0.2, 0) is 4.74 Å². The predicted octanol–water partition coefficient (Wildman–Crippen LogP) is 5.72. The van der Waals surface area contributed by atoms with Gasteiger partial charge in [0.15, 0.2) is 5.82 Å². The minimum absolute atomic E-state index is 0.119. The average molecular weight is 490 g/mol. The van der Waals surface area contributed by atoms with Gasteiger partial charge >= 0.3 is 0 Å². The summed E-state index contributed by atoms with van der Waals surface area (Å²) in [6, 6.07) is 3.24. The van der Waals surface area contributed by atoms with Crippen LogP contribution in [0, 0.1) is 5.82 Å². The molecule has 184 valence electrons. The van der Waals surface area contributed by atoms with Crippen LogP contribution in [-0.4, -0.2) is 50.0 Å². The maximum atomic E-state index is 15.4. The number of rotatable bonds is 8. The molecule has 9 heteroatoms. The molecule has 0 aliphatic carbocycles. The summed E-state index contributed by atoms with van der Waals surface area (Å²) in [6.45, 7) is 9.30. The molecule has 34 heavy (non-hydrogen) atoms. The number of ether oxygens (including phenoxy) is 1. The van der Waals surface area contributed by atoms with Crippen LogP contribution in [0.3, 0.4) is 0 Å². The van der Waals surface area contributed by atoms with Crippen LogP contribution in [0.5, 0.6) is 0 Å². The van der Waals surface area contributed by atoms with Gasteiger partial charge in [-0.15, -0.1) is 0 Å². The number of hydrogen-bond acceptors (Lipinski definition) is 6. The second-order valence-electron chi connectivity index (χ2n) is 9.23. The number of halogens is 2. The van der Waals surface area contributed by atoms with Gasteiger partial charge in [0.1, 0.15) is 11.3 Å². The van der Waals surface area contributed by atoms with E-state index in [4.69, 9.17) is 21.3 Å². The highest BCUT2D eigenvalue weighted by molar-refractivity contribution is 6.33. The number of aromatic nitrogens is 4. The first-order valence-corrected chi connectivity index (χ1v) is 12.5. The molecule has 1 fully saturated rings. The zero-order valence-corrected chi connectivity index (χ0v) is 20.9. The van der Waals surface area contributed by atoms with Gasteiger partial charge in [-0.25, -0.2) is 19.3 Å². The van der Waals surface area contributed by atoms with Gasteiger partial charge in [0, 0.05) is 24.1 Å². The molecule has 0 bridgehead atoms. The van der Waals surface area contributed by atoms with E-state index in [-0.39, 0.29) is 24.6 Å². The molecular formula is C25H33ClFN5O2. The summed E-state index contributed by atoms with van der Waals surface area (Å²) < 4.78 is 22.8. The Labute approximate surface area is 204 Å². The molecule has 3 heterocycles. The summed E-state index contributed by atoms with van der Waals surface area (Å²) in [7, 11) is 0. The van der Waals surface area contributed by atoms with E-state index in [2.05, 4.69) is 47.5 Å². The molecule has 1 aliphatic rings. The van der Waals surface area contributed by atoms with Crippen LogP contribution >= 0.6 is 11.6 Å². The van der Waals surface area contributed by atoms with Crippen LogP contribution in [0.4, 0.5) is 10.3 Å².